The van der Waals surface area contributed by atoms with Crippen LogP contribution in [-0.4, -0.2) is 68.3 Å². The number of nitrogens with zero attached hydrogens (tertiary/aromatic N) is 4. The first-order valence-electron chi connectivity index (χ1n) is 16.7. The van der Waals surface area contributed by atoms with Crippen LogP contribution in [-0.2, 0) is 22.4 Å². The van der Waals surface area contributed by atoms with Gasteiger partial charge in [-0.25, -0.2) is 9.97 Å². The number of hydrogen-bond acceptors (Lipinski definition) is 9. The molecule has 0 unspecified atom stereocenters. The lowest BCUT2D eigenvalue weighted by Crippen LogP contribution is -2.37. The molecular weight excluding hydrogens is 661 g/mol. The van der Waals surface area contributed by atoms with E-state index in [1.54, 1.807) is 15.7 Å². The molecule has 1 aromatic carbocycles. The Morgan fingerprint density at radius 2 is 1.59 bits per heavy atom. The molecule has 4 N–H and O–H groups in total. The molecule has 0 aliphatic carbocycles. The largest absolute Gasteiger partial charge is 0.351 e. The van der Waals surface area contributed by atoms with Gasteiger partial charge in [-0.1, -0.05) is 44.2 Å². The van der Waals surface area contributed by atoms with Crippen molar-refractivity contribution in [2.75, 3.05) is 19.6 Å². The van der Waals surface area contributed by atoms with Crippen molar-refractivity contribution in [1.29, 1.82) is 0 Å². The van der Waals surface area contributed by atoms with Crippen molar-refractivity contribution in [3.05, 3.63) is 85.0 Å². The third kappa shape index (κ3) is 9.82. The lowest BCUT2D eigenvalue weighted by molar-refractivity contribution is -0.131. The number of aromatic amines is 1. The summed E-state index contributed by atoms with van der Waals surface area (Å²) in [4.78, 5) is 64.5. The number of amides is 4. The molecule has 260 valence electrons. The molecule has 1 aliphatic rings. The van der Waals surface area contributed by atoms with E-state index < -0.39 is 6.04 Å². The quantitative estimate of drug-likeness (QED) is 0.223. The predicted octanol–water partition coefficient (Wildman–Crippen LogP) is 4.84. The van der Waals surface area contributed by atoms with E-state index in [9.17, 15) is 19.2 Å². The van der Waals surface area contributed by atoms with E-state index in [4.69, 9.17) is 0 Å². The molecule has 0 saturated carbocycles. The molecule has 0 spiro atoms. The molecule has 49 heavy (non-hydrogen) atoms. The highest BCUT2D eigenvalue weighted by atomic mass is 32.1. The standard InChI is InChI=1S/C35H44N8O4S2/c1-21(2)16-26-34-40-29(20-49-34)33(47)38-27(17-24-10-6-5-7-11-24)35-39-28(19-48-35)32(46)36-13-9-15-43(14-8-12-30(44)37-26)31(45)18-25-22(3)41-42-23(25)4/h5-7,10-11,19-21,26-27H,8-9,12-18H2,1-4H3,(H,36,46)(H,37,44)(H,38,47)(H,41,42)/t26-,27-/m0/s1. The van der Waals surface area contributed by atoms with E-state index >= 15 is 0 Å². The highest BCUT2D eigenvalue weighted by molar-refractivity contribution is 7.10. The second-order valence-electron chi connectivity index (χ2n) is 12.8. The molecule has 14 heteroatoms. The fraction of sp³-hybridized carbons (Fsp3) is 0.457. The summed E-state index contributed by atoms with van der Waals surface area (Å²) in [6.45, 7) is 9.08. The number of fused-ring (bicyclic) bond motifs is 4. The Morgan fingerprint density at radius 1 is 0.918 bits per heavy atom. The van der Waals surface area contributed by atoms with Crippen molar-refractivity contribution >= 4 is 46.3 Å². The van der Waals surface area contributed by atoms with Crippen molar-refractivity contribution < 1.29 is 19.2 Å². The molecule has 0 radical (unpaired) electrons. The van der Waals surface area contributed by atoms with Gasteiger partial charge >= 0.3 is 0 Å². The number of H-pyrrole nitrogens is 1. The van der Waals surface area contributed by atoms with Crippen LogP contribution in [0.5, 0.6) is 0 Å². The van der Waals surface area contributed by atoms with Gasteiger partial charge in [0.15, 0.2) is 0 Å². The Morgan fingerprint density at radius 3 is 2.27 bits per heavy atom. The van der Waals surface area contributed by atoms with Gasteiger partial charge in [0.1, 0.15) is 21.4 Å². The molecule has 3 aromatic heterocycles. The summed E-state index contributed by atoms with van der Waals surface area (Å²) in [7, 11) is 0. The lowest BCUT2D eigenvalue weighted by atomic mass is 10.0. The van der Waals surface area contributed by atoms with Crippen LogP contribution >= 0.6 is 22.7 Å². The van der Waals surface area contributed by atoms with Crippen molar-refractivity contribution in [2.45, 2.75) is 78.3 Å². The van der Waals surface area contributed by atoms with Crippen LogP contribution in [0.4, 0.5) is 0 Å². The Kier molecular flexibility index (Phi) is 12.3. The third-order valence-electron chi connectivity index (χ3n) is 8.42. The minimum Gasteiger partial charge on any atom is -0.351 e. The number of aromatic nitrogens is 4. The van der Waals surface area contributed by atoms with Gasteiger partial charge < -0.3 is 20.9 Å². The van der Waals surface area contributed by atoms with Crippen molar-refractivity contribution in [3.8, 4) is 0 Å². The number of rotatable bonds is 6. The van der Waals surface area contributed by atoms with Crippen LogP contribution in [0.15, 0.2) is 41.1 Å². The SMILES string of the molecule is Cc1n[nH]c(C)c1CC(=O)N1CCCNC(=O)c2csc(n2)[C@H](Cc2ccccc2)NC(=O)c2csc(n2)[C@H](CC(C)C)NC(=O)CCC1. The average molecular weight is 705 g/mol. The van der Waals surface area contributed by atoms with E-state index in [0.717, 1.165) is 22.5 Å². The second-order valence-corrected chi connectivity index (χ2v) is 14.6. The molecule has 4 bridgehead atoms. The zero-order valence-corrected chi connectivity index (χ0v) is 30.0. The van der Waals surface area contributed by atoms with Gasteiger partial charge in [0.2, 0.25) is 11.8 Å². The molecule has 5 rings (SSSR count). The average Bonchev–Trinajstić information content (AvgIpc) is 3.83. The van der Waals surface area contributed by atoms with Gasteiger partial charge in [-0.3, -0.25) is 24.3 Å². The first-order chi connectivity index (χ1) is 23.6. The van der Waals surface area contributed by atoms with Crippen molar-refractivity contribution in [2.24, 2.45) is 5.92 Å². The number of carbonyl (C=O) groups is 4. The molecule has 1 aliphatic heterocycles. The minimum absolute atomic E-state index is 0.0588. The maximum Gasteiger partial charge on any atom is 0.271 e. The number of aryl methyl sites for hydroxylation is 2. The zero-order valence-electron chi connectivity index (χ0n) is 28.4. The van der Waals surface area contributed by atoms with Gasteiger partial charge in [-0.2, -0.15) is 5.10 Å². The molecule has 0 saturated heterocycles. The summed E-state index contributed by atoms with van der Waals surface area (Å²) in [6.07, 6.45) is 2.56. The van der Waals surface area contributed by atoms with Crippen LogP contribution in [0, 0.1) is 19.8 Å². The number of hydrogen-bond donors (Lipinski definition) is 4. The van der Waals surface area contributed by atoms with Crippen LogP contribution in [0.2, 0.25) is 0 Å². The van der Waals surface area contributed by atoms with E-state index in [-0.39, 0.29) is 59.8 Å². The Labute approximate surface area is 294 Å². The lowest BCUT2D eigenvalue weighted by Gasteiger charge is -2.23. The van der Waals surface area contributed by atoms with E-state index in [2.05, 4.69) is 50.0 Å². The minimum atomic E-state index is -0.492. The van der Waals surface area contributed by atoms with Gasteiger partial charge in [-0.05, 0) is 51.0 Å². The van der Waals surface area contributed by atoms with E-state index in [1.807, 2.05) is 44.2 Å². The molecule has 4 amide bonds. The Balaban J connectivity index is 1.39. The highest BCUT2D eigenvalue weighted by Gasteiger charge is 2.26. The van der Waals surface area contributed by atoms with Gasteiger partial charge in [-0.15, -0.1) is 22.7 Å². The number of thiazole rings is 2. The molecule has 4 heterocycles. The van der Waals surface area contributed by atoms with Crippen LogP contribution in [0.25, 0.3) is 0 Å². The maximum atomic E-state index is 13.6. The highest BCUT2D eigenvalue weighted by Crippen LogP contribution is 2.27. The van der Waals surface area contributed by atoms with Crippen molar-refractivity contribution in [1.82, 2.24) is 41.0 Å². The van der Waals surface area contributed by atoms with Crippen LogP contribution < -0.4 is 16.0 Å². The molecular formula is C35H44N8O4S2. The van der Waals surface area contributed by atoms with Crippen LogP contribution in [0.1, 0.15) is 105 Å². The fourth-order valence-electron chi connectivity index (χ4n) is 5.80. The summed E-state index contributed by atoms with van der Waals surface area (Å²) in [5, 5.41) is 21.0. The maximum absolute atomic E-state index is 13.6. The monoisotopic (exact) mass is 704 g/mol. The normalized spacial score (nSPS) is 18.4. The zero-order chi connectivity index (χ0) is 34.9. The second kappa shape index (κ2) is 16.8. The number of nitrogens with one attached hydrogen (secondary N) is 4. The number of benzene rings is 1. The number of carbonyl (C=O) groups excluding carboxylic acids is 4. The fourth-order valence-corrected chi connectivity index (χ4v) is 7.51. The smallest absolute Gasteiger partial charge is 0.271 e. The van der Waals surface area contributed by atoms with Gasteiger partial charge in [0.05, 0.1) is 24.2 Å². The molecule has 2 atom stereocenters. The molecule has 12 nitrogen and oxygen atoms in total. The summed E-state index contributed by atoms with van der Waals surface area (Å²) in [5.74, 6) is -0.597. The molecule has 0 fully saturated rings. The molecule has 4 aromatic rings. The first-order valence-corrected chi connectivity index (χ1v) is 18.4. The topological polar surface area (TPSA) is 162 Å². The van der Waals surface area contributed by atoms with E-state index in [1.165, 1.54) is 22.7 Å². The third-order valence-corrected chi connectivity index (χ3v) is 10.3. The summed E-state index contributed by atoms with van der Waals surface area (Å²) in [5.41, 5.74) is 4.06. The van der Waals surface area contributed by atoms with Crippen molar-refractivity contribution in [3.63, 3.8) is 0 Å². The Bertz CT molecular complexity index is 1730. The first kappa shape index (κ1) is 35.9. The van der Waals surface area contributed by atoms with E-state index in [0.29, 0.717) is 55.3 Å². The summed E-state index contributed by atoms with van der Waals surface area (Å²) < 4.78 is 0. The van der Waals surface area contributed by atoms with Gasteiger partial charge in [0.25, 0.3) is 11.8 Å². The summed E-state index contributed by atoms with van der Waals surface area (Å²) in [6, 6.07) is 8.94. The predicted molar refractivity (Wildman–Crippen MR) is 189 cm³/mol. The van der Waals surface area contributed by atoms with Crippen LogP contribution in [0.3, 0.4) is 0 Å². The summed E-state index contributed by atoms with van der Waals surface area (Å²) >= 11 is 2.66. The Hall–Kier alpha value is -4.43. The van der Waals surface area contributed by atoms with Gasteiger partial charge in [0, 0.05) is 48.1 Å².